The number of likely N-dealkylation sites (N-methyl/N-ethyl adjacent to an activating group) is 2. The second kappa shape index (κ2) is 9.26. The Morgan fingerprint density at radius 2 is 1.84 bits per heavy atom. The number of nitrogens with one attached hydrogen (secondary N) is 2. The maximum absolute atomic E-state index is 12.8. The Hall–Kier alpha value is -3.93. The molecule has 3 rings (SSSR count). The molecule has 1 saturated heterocycles. The van der Waals surface area contributed by atoms with Crippen LogP contribution in [0.4, 0.5) is 11.7 Å². The van der Waals surface area contributed by atoms with E-state index in [-0.39, 0.29) is 18.1 Å². The summed E-state index contributed by atoms with van der Waals surface area (Å²) in [7, 11) is 0. The van der Waals surface area contributed by atoms with Crippen molar-refractivity contribution >= 4 is 59.3 Å². The van der Waals surface area contributed by atoms with E-state index in [0.29, 0.717) is 30.7 Å². The number of carbonyl (C=O) groups excluding carboxylic acids is 2. The van der Waals surface area contributed by atoms with Crippen molar-refractivity contribution in [2.75, 3.05) is 18.0 Å². The van der Waals surface area contributed by atoms with Crippen LogP contribution in [-0.2, 0) is 14.3 Å². The molecular weight excluding hydrogens is 422 g/mol. The number of carbonyl (C=O) groups is 2. The molecule has 0 spiro atoms. The molecule has 0 aliphatic carbocycles. The highest BCUT2D eigenvalue weighted by Crippen LogP contribution is 2.26. The smallest absolute Gasteiger partial charge is 0.331 e. The largest absolute Gasteiger partial charge is 0.414 e. The Bertz CT molecular complexity index is 1030. The first-order valence-corrected chi connectivity index (χ1v) is 9.63. The van der Waals surface area contributed by atoms with Crippen molar-refractivity contribution < 1.29 is 20.2 Å². The topological polar surface area (TPSA) is 140 Å². The molecule has 1 aliphatic heterocycles. The fourth-order valence-corrected chi connectivity index (χ4v) is 3.38. The maximum Gasteiger partial charge on any atom is 0.331 e. The highest BCUT2D eigenvalue weighted by molar-refractivity contribution is 7.80. The summed E-state index contributed by atoms with van der Waals surface area (Å²) in [4.78, 5) is 29.5. The molecule has 2 amide bonds. The summed E-state index contributed by atoms with van der Waals surface area (Å²) >= 11 is 5.26. The zero-order valence-electron chi connectivity index (χ0n) is 16.7. The Balaban J connectivity index is 0.00000363. The molecule has 162 valence electrons. The molecule has 1 fully saturated rings. The third kappa shape index (κ3) is 4.19. The van der Waals surface area contributed by atoms with Gasteiger partial charge in [0.1, 0.15) is 5.57 Å². The predicted molar refractivity (Wildman–Crippen MR) is 118 cm³/mol. The Morgan fingerprint density at radius 1 is 1.23 bits per heavy atom. The normalized spacial score (nSPS) is 14.0. The van der Waals surface area contributed by atoms with E-state index in [1.165, 1.54) is 20.8 Å². The molecule has 0 radical (unpaired) electrons. The molecule has 0 atom stereocenters. The minimum Gasteiger partial charge on any atom is -0.414 e. The zero-order chi connectivity index (χ0) is 22.5. The summed E-state index contributed by atoms with van der Waals surface area (Å²) in [5, 5.41) is 22.6. The van der Waals surface area contributed by atoms with Gasteiger partial charge in [-0.05, 0) is 49.8 Å². The lowest BCUT2D eigenvalue weighted by atomic mass is 10.1. The number of thiocarbonyl (C=S) groups is 1. The molecule has 0 unspecified atom stereocenters. The van der Waals surface area contributed by atoms with Gasteiger partial charge in [0.25, 0.3) is 11.8 Å². The highest BCUT2D eigenvalue weighted by atomic mass is 32.1. The first-order valence-electron chi connectivity index (χ1n) is 9.22. The Kier molecular flexibility index (Phi) is 6.50. The molecule has 31 heavy (non-hydrogen) atoms. The molecule has 0 bridgehead atoms. The monoisotopic (exact) mass is 443 g/mol. The van der Waals surface area contributed by atoms with Gasteiger partial charge in [0, 0.05) is 14.5 Å². The number of hydrogen-bond acceptors (Lipinski definition) is 9. The van der Waals surface area contributed by atoms with E-state index in [4.69, 9.17) is 32.2 Å². The van der Waals surface area contributed by atoms with Crippen molar-refractivity contribution in [3.05, 3.63) is 41.8 Å². The molecule has 2 N–H and O–H groups in total. The molecule has 11 nitrogen and oxygen atoms in total. The molecule has 0 saturated carbocycles. The van der Waals surface area contributed by atoms with Gasteiger partial charge in [-0.25, -0.2) is 4.90 Å². The molecule has 2 aromatic rings. The number of hydrogen-bond donors (Lipinski definition) is 2. The molecule has 1 aromatic carbocycles. The van der Waals surface area contributed by atoms with Crippen LogP contribution in [0.25, 0.3) is 6.08 Å². The number of amidine groups is 1. The fourth-order valence-electron chi connectivity index (χ4n) is 2.96. The first-order chi connectivity index (χ1) is 14.9. The zero-order valence-corrected chi connectivity index (χ0v) is 17.5. The lowest BCUT2D eigenvalue weighted by Crippen LogP contribution is -2.55. The number of amides is 2. The summed E-state index contributed by atoms with van der Waals surface area (Å²) in [6.45, 7) is 4.29. The van der Waals surface area contributed by atoms with Crippen molar-refractivity contribution in [1.82, 2.24) is 20.0 Å². The van der Waals surface area contributed by atoms with Gasteiger partial charge < -0.3 is 9.15 Å². The number of anilines is 2. The third-order valence-electron chi connectivity index (χ3n) is 4.42. The summed E-state index contributed by atoms with van der Waals surface area (Å²) in [6.07, 6.45) is 3.20. The lowest BCUT2D eigenvalue weighted by molar-refractivity contribution is -0.133. The van der Waals surface area contributed by atoms with E-state index in [9.17, 15) is 9.59 Å². The minimum atomic E-state index is -0.445. The van der Waals surface area contributed by atoms with Crippen LogP contribution in [0.1, 0.15) is 20.8 Å². The third-order valence-corrected chi connectivity index (χ3v) is 4.86. The van der Waals surface area contributed by atoms with Gasteiger partial charge in [-0.2, -0.15) is 0 Å². The molecule has 1 aliphatic rings. The van der Waals surface area contributed by atoms with Gasteiger partial charge in [0.15, 0.2) is 11.5 Å². The van der Waals surface area contributed by atoms with E-state index in [0.717, 1.165) is 6.39 Å². The van der Waals surface area contributed by atoms with Crippen molar-refractivity contribution in [2.45, 2.75) is 13.8 Å². The molecule has 12 heteroatoms. The van der Waals surface area contributed by atoms with Crippen LogP contribution in [0.15, 0.2) is 40.6 Å². The van der Waals surface area contributed by atoms with Crippen molar-refractivity contribution in [1.29, 1.82) is 10.8 Å². The van der Waals surface area contributed by atoms with Crippen molar-refractivity contribution in [3.63, 3.8) is 0 Å². The summed E-state index contributed by atoms with van der Waals surface area (Å²) < 4.78 is 9.96. The Labute approximate surface area is 184 Å². The second-order valence-electron chi connectivity index (χ2n) is 6.13. The lowest BCUT2D eigenvalue weighted by Gasteiger charge is -2.35. The SMILES string of the molecule is CCN1C(=O)C(=Cc2ccc(N(C(=N)OC=N)c3nnco3)cc2)C(=O)N(CC)C1=S.[HH]. The average molecular weight is 443 g/mol. The number of rotatable bonds is 6. The van der Waals surface area contributed by atoms with Crippen molar-refractivity contribution in [2.24, 2.45) is 0 Å². The summed E-state index contributed by atoms with van der Waals surface area (Å²) in [5.41, 5.74) is 1.04. The average Bonchev–Trinajstić information content (AvgIpc) is 3.27. The van der Waals surface area contributed by atoms with Crippen LogP contribution in [-0.4, -0.2) is 62.4 Å². The van der Waals surface area contributed by atoms with Gasteiger partial charge in [-0.15, -0.1) is 5.10 Å². The second-order valence-corrected chi connectivity index (χ2v) is 6.49. The maximum atomic E-state index is 12.8. The van der Waals surface area contributed by atoms with Crippen LogP contribution in [0.2, 0.25) is 0 Å². The van der Waals surface area contributed by atoms with Gasteiger partial charge in [0.2, 0.25) is 6.39 Å². The van der Waals surface area contributed by atoms with Gasteiger partial charge in [-0.1, -0.05) is 17.2 Å². The summed E-state index contributed by atoms with van der Waals surface area (Å²) in [5.74, 6) is -0.889. The van der Waals surface area contributed by atoms with Gasteiger partial charge in [-0.3, -0.25) is 30.2 Å². The van der Waals surface area contributed by atoms with Gasteiger partial charge >= 0.3 is 12.0 Å². The van der Waals surface area contributed by atoms with Crippen LogP contribution >= 0.6 is 12.2 Å². The van der Waals surface area contributed by atoms with Crippen LogP contribution < -0.4 is 4.90 Å². The first kappa shape index (κ1) is 21.8. The Morgan fingerprint density at radius 3 is 2.32 bits per heavy atom. The predicted octanol–water partition coefficient (Wildman–Crippen LogP) is 2.39. The number of aromatic nitrogens is 2. The fraction of sp³-hybridized carbons (Fsp3) is 0.211. The van der Waals surface area contributed by atoms with Gasteiger partial charge in [0.05, 0.1) is 5.69 Å². The van der Waals surface area contributed by atoms with E-state index in [1.807, 2.05) is 0 Å². The van der Waals surface area contributed by atoms with Crippen LogP contribution in [0, 0.1) is 10.8 Å². The molecule has 2 heterocycles. The number of ether oxygens (including phenoxy) is 1. The minimum absolute atomic E-state index is 0. The van der Waals surface area contributed by atoms with Crippen LogP contribution in [0.5, 0.6) is 0 Å². The number of nitrogens with zero attached hydrogens (tertiary/aromatic N) is 5. The van der Waals surface area contributed by atoms with E-state index < -0.39 is 17.8 Å². The molecule has 1 aromatic heterocycles. The summed E-state index contributed by atoms with van der Waals surface area (Å²) in [6, 6.07) is 6.11. The van der Waals surface area contributed by atoms with E-state index in [2.05, 4.69) is 10.2 Å². The van der Waals surface area contributed by atoms with Crippen molar-refractivity contribution in [3.8, 4) is 0 Å². The van der Waals surface area contributed by atoms with Crippen LogP contribution in [0.3, 0.4) is 0 Å². The molecular formula is C19H21N7O4S. The quantitative estimate of drug-likeness (QED) is 0.228. The van der Waals surface area contributed by atoms with E-state index in [1.54, 1.807) is 38.1 Å². The number of benzene rings is 1. The highest BCUT2D eigenvalue weighted by Gasteiger charge is 2.37. The van der Waals surface area contributed by atoms with E-state index >= 15 is 0 Å². The standard InChI is InChI=1S/C19H19N7O4S.H2/c1-3-24-15(27)14(16(28)25(4-2)19(24)31)9-12-5-7-13(8-6-12)26(17(21)29-10-20)18-23-22-11-30-18;/h5-11,20-21H,3-4H2,1-2H3;1H.